The molecule has 1 fully saturated rings. The minimum Gasteiger partial charge on any atom is -0.395 e. The maximum atomic E-state index is 13.5. The van der Waals surface area contributed by atoms with Gasteiger partial charge in [0.15, 0.2) is 11.5 Å². The van der Waals surface area contributed by atoms with Crippen molar-refractivity contribution in [1.29, 1.82) is 0 Å². The molecule has 2 aliphatic rings. The molecule has 1 amide bonds. The van der Waals surface area contributed by atoms with Crippen molar-refractivity contribution in [2.45, 2.75) is 43.4 Å². The summed E-state index contributed by atoms with van der Waals surface area (Å²) < 4.78 is 77.0. The number of nitrogens with zero attached hydrogens (tertiary/aromatic N) is 1. The largest absolute Gasteiger partial charge is 0.586 e. The second-order valence-electron chi connectivity index (χ2n) is 8.61. The number of benzene rings is 2. The molecule has 0 radical (unpaired) electrons. The first-order valence-corrected chi connectivity index (χ1v) is 10.6. The first-order valence-electron chi connectivity index (χ1n) is 10.6. The van der Waals surface area contributed by atoms with Crippen molar-refractivity contribution in [1.82, 2.24) is 4.57 Å². The molecule has 3 aromatic rings. The van der Waals surface area contributed by atoms with E-state index in [4.69, 9.17) is 5.11 Å². The van der Waals surface area contributed by atoms with E-state index in [1.54, 1.807) is 0 Å². The normalized spacial score (nSPS) is 18.5. The van der Waals surface area contributed by atoms with Gasteiger partial charge in [-0.2, -0.15) is 13.2 Å². The summed E-state index contributed by atoms with van der Waals surface area (Å²) in [5.41, 5.74) is -1.12. The Morgan fingerprint density at radius 2 is 1.80 bits per heavy atom. The standard InChI is InChI=1S/C23H19F5N2O5/c24-22(25,26)19-8-12-7-14(2-3-16(12)30(19)10-15(32)11-31)29-20(33)21(5-6-21)13-1-4-17-18(9-13)35-23(27,28)34-17/h1-4,7-9,15,31-32H,5-6,10-11H2,(H,29,33)/t15-/m1/s1. The lowest BCUT2D eigenvalue weighted by atomic mass is 9.94. The molecule has 5 rings (SSSR count). The van der Waals surface area contributed by atoms with Crippen LogP contribution in [0.5, 0.6) is 11.5 Å². The number of alkyl halides is 5. The van der Waals surface area contributed by atoms with Gasteiger partial charge in [-0.1, -0.05) is 6.07 Å². The topological polar surface area (TPSA) is 93.0 Å². The van der Waals surface area contributed by atoms with Crippen LogP contribution in [0.1, 0.15) is 24.1 Å². The average molecular weight is 498 g/mol. The lowest BCUT2D eigenvalue weighted by Gasteiger charge is -2.17. The Bertz CT molecular complexity index is 1320. The molecule has 7 nitrogen and oxygen atoms in total. The quantitative estimate of drug-likeness (QED) is 0.447. The van der Waals surface area contributed by atoms with E-state index in [1.165, 1.54) is 36.4 Å². The molecule has 1 aromatic heterocycles. The highest BCUT2D eigenvalue weighted by Gasteiger charge is 2.52. The van der Waals surface area contributed by atoms with Crippen molar-refractivity contribution in [3.63, 3.8) is 0 Å². The summed E-state index contributed by atoms with van der Waals surface area (Å²) in [4.78, 5) is 13.1. The maximum Gasteiger partial charge on any atom is 0.586 e. The number of amides is 1. The first-order chi connectivity index (χ1) is 16.4. The summed E-state index contributed by atoms with van der Waals surface area (Å²) in [7, 11) is 0. The highest BCUT2D eigenvalue weighted by molar-refractivity contribution is 6.02. The smallest absolute Gasteiger partial charge is 0.395 e. The minimum atomic E-state index is -4.70. The predicted octanol–water partition coefficient (Wildman–Crippen LogP) is 4.01. The third kappa shape index (κ3) is 4.16. The molecule has 0 saturated heterocycles. The fourth-order valence-electron chi connectivity index (χ4n) is 4.32. The van der Waals surface area contributed by atoms with Gasteiger partial charge in [-0.25, -0.2) is 0 Å². The molecule has 2 aromatic carbocycles. The number of aliphatic hydroxyl groups excluding tert-OH is 2. The van der Waals surface area contributed by atoms with E-state index in [9.17, 15) is 31.9 Å². The molecule has 0 spiro atoms. The van der Waals surface area contributed by atoms with Crippen LogP contribution in [-0.4, -0.2) is 39.7 Å². The Balaban J connectivity index is 1.42. The Labute approximate surface area is 194 Å². The van der Waals surface area contributed by atoms with Gasteiger partial charge in [0, 0.05) is 16.6 Å². The molecule has 186 valence electrons. The zero-order valence-electron chi connectivity index (χ0n) is 17.9. The highest BCUT2D eigenvalue weighted by Crippen LogP contribution is 2.52. The summed E-state index contributed by atoms with van der Waals surface area (Å²) in [6, 6.07) is 9.22. The molecule has 2 heterocycles. The lowest BCUT2D eigenvalue weighted by molar-refractivity contribution is -0.286. The zero-order valence-corrected chi connectivity index (χ0v) is 17.9. The minimum absolute atomic E-state index is 0.142. The molecular weight excluding hydrogens is 479 g/mol. The average Bonchev–Trinajstić information content (AvgIpc) is 3.42. The van der Waals surface area contributed by atoms with Crippen LogP contribution in [0.4, 0.5) is 27.6 Å². The van der Waals surface area contributed by atoms with Gasteiger partial charge in [0.05, 0.1) is 24.7 Å². The van der Waals surface area contributed by atoms with Gasteiger partial charge in [-0.3, -0.25) is 4.79 Å². The van der Waals surface area contributed by atoms with Gasteiger partial charge in [0.25, 0.3) is 0 Å². The fourth-order valence-corrected chi connectivity index (χ4v) is 4.32. The number of hydrogen-bond acceptors (Lipinski definition) is 5. The van der Waals surface area contributed by atoms with Crippen LogP contribution in [0.3, 0.4) is 0 Å². The van der Waals surface area contributed by atoms with Crippen molar-refractivity contribution in [3.8, 4) is 11.5 Å². The van der Waals surface area contributed by atoms with Crippen LogP contribution in [0, 0.1) is 0 Å². The first kappa shape index (κ1) is 23.4. The van der Waals surface area contributed by atoms with Crippen molar-refractivity contribution >= 4 is 22.5 Å². The molecule has 1 saturated carbocycles. The van der Waals surface area contributed by atoms with Crippen molar-refractivity contribution < 1.29 is 46.4 Å². The van der Waals surface area contributed by atoms with Gasteiger partial charge in [0.1, 0.15) is 5.69 Å². The Kier molecular flexibility index (Phi) is 5.22. The number of halogens is 5. The third-order valence-corrected chi connectivity index (χ3v) is 6.19. The summed E-state index contributed by atoms with van der Waals surface area (Å²) in [5, 5.41) is 21.6. The zero-order chi connectivity index (χ0) is 25.2. The van der Waals surface area contributed by atoms with E-state index in [0.29, 0.717) is 18.4 Å². The Hall–Kier alpha value is -3.38. The van der Waals surface area contributed by atoms with Crippen LogP contribution in [0.25, 0.3) is 10.9 Å². The van der Waals surface area contributed by atoms with Gasteiger partial charge >= 0.3 is 12.5 Å². The summed E-state index contributed by atoms with van der Waals surface area (Å²) in [5.74, 6) is -0.760. The van der Waals surface area contributed by atoms with E-state index in [1.807, 2.05) is 0 Å². The van der Waals surface area contributed by atoms with Gasteiger partial charge < -0.3 is 29.6 Å². The number of ether oxygens (including phenoxy) is 2. The van der Waals surface area contributed by atoms with Crippen molar-refractivity contribution in [2.24, 2.45) is 0 Å². The Morgan fingerprint density at radius 3 is 2.46 bits per heavy atom. The van der Waals surface area contributed by atoms with Gasteiger partial charge in [-0.15, -0.1) is 8.78 Å². The van der Waals surface area contributed by atoms with E-state index in [-0.39, 0.29) is 28.1 Å². The molecule has 0 unspecified atom stereocenters. The number of hydrogen-bond donors (Lipinski definition) is 3. The molecule has 12 heteroatoms. The number of aromatic nitrogens is 1. The van der Waals surface area contributed by atoms with Gasteiger partial charge in [0.2, 0.25) is 5.91 Å². The third-order valence-electron chi connectivity index (χ3n) is 6.19. The van der Waals surface area contributed by atoms with Crippen molar-refractivity contribution in [2.75, 3.05) is 11.9 Å². The second kappa shape index (κ2) is 7.82. The lowest BCUT2D eigenvalue weighted by Crippen LogP contribution is -2.28. The van der Waals surface area contributed by atoms with E-state index < -0.39 is 48.7 Å². The summed E-state index contributed by atoms with van der Waals surface area (Å²) >= 11 is 0. The Morgan fingerprint density at radius 1 is 1.09 bits per heavy atom. The maximum absolute atomic E-state index is 13.5. The summed E-state index contributed by atoms with van der Waals surface area (Å²) in [6.45, 7) is -1.17. The fraction of sp³-hybridized carbons (Fsp3) is 0.348. The number of aliphatic hydroxyl groups is 2. The van der Waals surface area contributed by atoms with E-state index >= 15 is 0 Å². The van der Waals surface area contributed by atoms with E-state index in [2.05, 4.69) is 14.8 Å². The van der Waals surface area contributed by atoms with Crippen molar-refractivity contribution in [3.05, 3.63) is 53.7 Å². The van der Waals surface area contributed by atoms with Crippen LogP contribution in [-0.2, 0) is 22.9 Å². The molecular formula is C23H19F5N2O5. The molecule has 1 aliphatic heterocycles. The number of rotatable bonds is 6. The number of anilines is 1. The number of carbonyl (C=O) groups excluding carboxylic acids is 1. The number of nitrogens with one attached hydrogen (secondary N) is 1. The predicted molar refractivity (Wildman–Crippen MR) is 112 cm³/mol. The summed E-state index contributed by atoms with van der Waals surface area (Å²) in [6.07, 6.45) is -8.97. The molecule has 0 bridgehead atoms. The van der Waals surface area contributed by atoms with Crippen LogP contribution >= 0.6 is 0 Å². The van der Waals surface area contributed by atoms with Crippen LogP contribution in [0.2, 0.25) is 0 Å². The number of fused-ring (bicyclic) bond motifs is 2. The molecule has 35 heavy (non-hydrogen) atoms. The highest BCUT2D eigenvalue weighted by atomic mass is 19.4. The van der Waals surface area contributed by atoms with Crippen LogP contribution in [0.15, 0.2) is 42.5 Å². The van der Waals surface area contributed by atoms with Crippen LogP contribution < -0.4 is 14.8 Å². The van der Waals surface area contributed by atoms with Gasteiger partial charge in [-0.05, 0) is 54.8 Å². The molecule has 1 atom stereocenters. The van der Waals surface area contributed by atoms with E-state index in [0.717, 1.165) is 10.6 Å². The molecule has 1 aliphatic carbocycles. The monoisotopic (exact) mass is 498 g/mol. The second-order valence-corrected chi connectivity index (χ2v) is 8.61. The molecule has 3 N–H and O–H groups in total. The SMILES string of the molecule is O=C(Nc1ccc2c(c1)cc(C(F)(F)F)n2C[C@@H](O)CO)C1(c2ccc3c(c2)OC(F)(F)O3)CC1. The number of carbonyl (C=O) groups is 1.